The summed E-state index contributed by atoms with van der Waals surface area (Å²) < 4.78 is 12.6. The monoisotopic (exact) mass is 223 g/mol. The van der Waals surface area contributed by atoms with E-state index in [1.807, 2.05) is 0 Å². The van der Waals surface area contributed by atoms with Crippen LogP contribution in [0.5, 0.6) is 0 Å². The molecule has 1 aromatic rings. The summed E-state index contributed by atoms with van der Waals surface area (Å²) in [5.41, 5.74) is 0.657. The van der Waals surface area contributed by atoms with Gasteiger partial charge in [0.15, 0.2) is 6.54 Å². The maximum atomic E-state index is 12.6. The number of carbonyl (C=O) groups excluding carboxylic acids is 1. The van der Waals surface area contributed by atoms with Crippen LogP contribution in [0.2, 0.25) is 0 Å². The molecule has 16 heavy (non-hydrogen) atoms. The van der Waals surface area contributed by atoms with E-state index < -0.39 is 0 Å². The Bertz CT molecular complexity index is 358. The average molecular weight is 223 g/mol. The Balaban J connectivity index is 1.84. The van der Waals surface area contributed by atoms with Crippen molar-refractivity contribution in [1.82, 2.24) is 0 Å². The Kier molecular flexibility index (Phi) is 3.51. The molecule has 1 aliphatic rings. The van der Waals surface area contributed by atoms with E-state index in [1.54, 1.807) is 12.1 Å². The predicted molar refractivity (Wildman–Crippen MR) is 59.8 cm³/mol. The number of benzene rings is 1. The quantitative estimate of drug-likeness (QED) is 0.766. The lowest BCUT2D eigenvalue weighted by molar-refractivity contribution is -0.878. The molecule has 1 heterocycles. The van der Waals surface area contributed by atoms with Gasteiger partial charge in [0.1, 0.15) is 5.82 Å². The molecule has 1 amide bonds. The van der Waals surface area contributed by atoms with Gasteiger partial charge in [-0.15, -0.1) is 0 Å². The highest BCUT2D eigenvalue weighted by Crippen LogP contribution is 2.07. The summed E-state index contributed by atoms with van der Waals surface area (Å²) in [4.78, 5) is 13.0. The minimum absolute atomic E-state index is 0.00325. The molecule has 0 unspecified atom stereocenters. The SMILES string of the molecule is O=C(C[NH+]1CCCC1)Nc1ccc(F)cc1. The molecular formula is C12H16FN2O+. The van der Waals surface area contributed by atoms with E-state index in [0.717, 1.165) is 13.1 Å². The summed E-state index contributed by atoms with van der Waals surface area (Å²) in [7, 11) is 0. The van der Waals surface area contributed by atoms with E-state index in [2.05, 4.69) is 5.32 Å². The molecule has 0 radical (unpaired) electrons. The molecule has 3 nitrogen and oxygen atoms in total. The number of amides is 1. The van der Waals surface area contributed by atoms with Gasteiger partial charge in [-0.1, -0.05) is 0 Å². The van der Waals surface area contributed by atoms with Crippen LogP contribution in [0.15, 0.2) is 24.3 Å². The number of hydrogen-bond acceptors (Lipinski definition) is 1. The number of hydrogen-bond donors (Lipinski definition) is 2. The van der Waals surface area contributed by atoms with Crippen molar-refractivity contribution in [3.63, 3.8) is 0 Å². The smallest absolute Gasteiger partial charge is 0.279 e. The van der Waals surface area contributed by atoms with Crippen molar-refractivity contribution in [2.24, 2.45) is 0 Å². The lowest BCUT2D eigenvalue weighted by Gasteiger charge is -2.11. The molecule has 1 saturated heterocycles. The van der Waals surface area contributed by atoms with Gasteiger partial charge >= 0.3 is 0 Å². The van der Waals surface area contributed by atoms with E-state index in [0.29, 0.717) is 12.2 Å². The van der Waals surface area contributed by atoms with Crippen LogP contribution < -0.4 is 10.2 Å². The number of carbonyl (C=O) groups is 1. The Morgan fingerprint density at radius 1 is 1.25 bits per heavy atom. The highest BCUT2D eigenvalue weighted by Gasteiger charge is 2.18. The summed E-state index contributed by atoms with van der Waals surface area (Å²) in [6, 6.07) is 5.84. The number of likely N-dealkylation sites (tertiary alicyclic amines) is 1. The fourth-order valence-electron chi connectivity index (χ4n) is 2.02. The second-order valence-electron chi connectivity index (χ2n) is 4.19. The maximum Gasteiger partial charge on any atom is 0.279 e. The summed E-state index contributed by atoms with van der Waals surface area (Å²) in [6.45, 7) is 2.67. The van der Waals surface area contributed by atoms with Crippen LogP contribution in [0.3, 0.4) is 0 Å². The second kappa shape index (κ2) is 5.07. The first-order valence-electron chi connectivity index (χ1n) is 5.63. The number of halogens is 1. The first-order chi connectivity index (χ1) is 7.74. The van der Waals surface area contributed by atoms with Crippen LogP contribution in [0.4, 0.5) is 10.1 Å². The molecule has 2 rings (SSSR count). The van der Waals surface area contributed by atoms with Gasteiger partial charge in [0.05, 0.1) is 13.1 Å². The van der Waals surface area contributed by atoms with Crippen LogP contribution >= 0.6 is 0 Å². The van der Waals surface area contributed by atoms with Crippen LogP contribution in [-0.4, -0.2) is 25.5 Å². The van der Waals surface area contributed by atoms with Crippen molar-refractivity contribution in [3.8, 4) is 0 Å². The molecule has 0 atom stereocenters. The van der Waals surface area contributed by atoms with Crippen LogP contribution in [0.1, 0.15) is 12.8 Å². The standard InChI is InChI=1S/C12H15FN2O/c13-10-3-5-11(6-4-10)14-12(16)9-15-7-1-2-8-15/h3-6H,1-2,7-9H2,(H,14,16)/p+1. The molecule has 1 aliphatic heterocycles. The normalized spacial score (nSPS) is 16.3. The molecule has 0 bridgehead atoms. The summed E-state index contributed by atoms with van der Waals surface area (Å²) >= 11 is 0. The third kappa shape index (κ3) is 3.03. The fraction of sp³-hybridized carbons (Fsp3) is 0.417. The van der Waals surface area contributed by atoms with E-state index in [-0.39, 0.29) is 11.7 Å². The van der Waals surface area contributed by atoms with Crippen molar-refractivity contribution in [3.05, 3.63) is 30.1 Å². The van der Waals surface area contributed by atoms with Gasteiger partial charge in [0.2, 0.25) is 0 Å². The van der Waals surface area contributed by atoms with E-state index >= 15 is 0 Å². The van der Waals surface area contributed by atoms with Crippen molar-refractivity contribution in [2.75, 3.05) is 25.0 Å². The molecule has 0 aromatic heterocycles. The minimum atomic E-state index is -0.289. The van der Waals surface area contributed by atoms with Crippen LogP contribution in [-0.2, 0) is 4.79 Å². The summed E-state index contributed by atoms with van der Waals surface area (Å²) in [6.07, 6.45) is 2.42. The number of anilines is 1. The molecule has 86 valence electrons. The first-order valence-corrected chi connectivity index (χ1v) is 5.63. The molecule has 4 heteroatoms. The molecule has 0 saturated carbocycles. The van der Waals surface area contributed by atoms with Crippen molar-refractivity contribution < 1.29 is 14.1 Å². The third-order valence-electron chi connectivity index (χ3n) is 2.85. The lowest BCUT2D eigenvalue weighted by Crippen LogP contribution is -3.11. The molecule has 2 N–H and O–H groups in total. The van der Waals surface area contributed by atoms with Gasteiger partial charge in [-0.3, -0.25) is 4.79 Å². The zero-order chi connectivity index (χ0) is 11.4. The van der Waals surface area contributed by atoms with Gasteiger partial charge in [-0.05, 0) is 24.3 Å². The number of quaternary nitrogens is 1. The fourth-order valence-corrected chi connectivity index (χ4v) is 2.02. The Hall–Kier alpha value is -1.42. The average Bonchev–Trinajstić information content (AvgIpc) is 2.74. The topological polar surface area (TPSA) is 33.5 Å². The van der Waals surface area contributed by atoms with E-state index in [4.69, 9.17) is 0 Å². The Morgan fingerprint density at radius 2 is 1.88 bits per heavy atom. The van der Waals surface area contributed by atoms with Gasteiger partial charge in [-0.25, -0.2) is 4.39 Å². The highest BCUT2D eigenvalue weighted by molar-refractivity contribution is 5.91. The third-order valence-corrected chi connectivity index (χ3v) is 2.85. The zero-order valence-electron chi connectivity index (χ0n) is 9.13. The lowest BCUT2D eigenvalue weighted by atomic mass is 10.3. The second-order valence-corrected chi connectivity index (χ2v) is 4.19. The minimum Gasteiger partial charge on any atom is -0.327 e. The molecular weight excluding hydrogens is 207 g/mol. The Morgan fingerprint density at radius 3 is 2.50 bits per heavy atom. The van der Waals surface area contributed by atoms with Gasteiger partial charge in [0, 0.05) is 18.5 Å². The van der Waals surface area contributed by atoms with E-state index in [1.165, 1.54) is 29.9 Å². The molecule has 1 aromatic carbocycles. The van der Waals surface area contributed by atoms with Crippen LogP contribution in [0.25, 0.3) is 0 Å². The first kappa shape index (κ1) is 11.1. The maximum absolute atomic E-state index is 12.6. The molecule has 0 aliphatic carbocycles. The summed E-state index contributed by atoms with van der Waals surface area (Å²) in [5.74, 6) is -0.285. The van der Waals surface area contributed by atoms with Crippen molar-refractivity contribution in [2.45, 2.75) is 12.8 Å². The van der Waals surface area contributed by atoms with Crippen LogP contribution in [0, 0.1) is 5.82 Å². The predicted octanol–water partition coefficient (Wildman–Crippen LogP) is 0.443. The molecule has 0 spiro atoms. The largest absolute Gasteiger partial charge is 0.327 e. The number of nitrogens with one attached hydrogen (secondary N) is 2. The van der Waals surface area contributed by atoms with Gasteiger partial charge in [-0.2, -0.15) is 0 Å². The van der Waals surface area contributed by atoms with E-state index in [9.17, 15) is 9.18 Å². The Labute approximate surface area is 94.3 Å². The molecule has 1 fully saturated rings. The van der Waals surface area contributed by atoms with Crippen molar-refractivity contribution >= 4 is 11.6 Å². The zero-order valence-corrected chi connectivity index (χ0v) is 9.13. The van der Waals surface area contributed by atoms with Crippen molar-refractivity contribution in [1.29, 1.82) is 0 Å². The number of rotatable bonds is 3. The summed E-state index contributed by atoms with van der Waals surface area (Å²) in [5, 5.41) is 2.77. The highest BCUT2D eigenvalue weighted by atomic mass is 19.1. The van der Waals surface area contributed by atoms with Gasteiger partial charge in [0.25, 0.3) is 5.91 Å². The van der Waals surface area contributed by atoms with Gasteiger partial charge < -0.3 is 10.2 Å².